The van der Waals surface area contributed by atoms with Gasteiger partial charge >= 0.3 is 0 Å². The minimum Gasteiger partial charge on any atom is -0.366 e. The molecule has 1 amide bonds. The summed E-state index contributed by atoms with van der Waals surface area (Å²) in [5, 5.41) is 1.67. The second-order valence-electron chi connectivity index (χ2n) is 9.06. The highest BCUT2D eigenvalue weighted by molar-refractivity contribution is 6.18. The van der Waals surface area contributed by atoms with E-state index in [1.807, 2.05) is 91.0 Å². The Balaban J connectivity index is 1.46. The number of benzene rings is 5. The van der Waals surface area contributed by atoms with Crippen LogP contribution in [-0.4, -0.2) is 16.3 Å². The van der Waals surface area contributed by atoms with Crippen molar-refractivity contribution in [3.8, 4) is 11.1 Å². The zero-order valence-corrected chi connectivity index (χ0v) is 20.0. The van der Waals surface area contributed by atoms with Gasteiger partial charge in [0.1, 0.15) is 0 Å². The van der Waals surface area contributed by atoms with Gasteiger partial charge in [0, 0.05) is 34.0 Å². The van der Waals surface area contributed by atoms with E-state index in [0.717, 1.165) is 38.5 Å². The fourth-order valence-corrected chi connectivity index (χ4v) is 4.93. The Bertz CT molecular complexity index is 1770. The third-order valence-electron chi connectivity index (χ3n) is 6.76. The number of amides is 1. The summed E-state index contributed by atoms with van der Waals surface area (Å²) < 4.78 is 2.19. The summed E-state index contributed by atoms with van der Waals surface area (Å²) in [6, 6.07) is 40.3. The van der Waals surface area contributed by atoms with Gasteiger partial charge in [-0.1, -0.05) is 91.0 Å². The quantitative estimate of drug-likeness (QED) is 0.272. The van der Waals surface area contributed by atoms with Crippen molar-refractivity contribution in [2.75, 3.05) is 0 Å². The van der Waals surface area contributed by atoms with Crippen molar-refractivity contribution in [2.24, 2.45) is 5.73 Å². The zero-order valence-electron chi connectivity index (χ0n) is 20.0. The highest BCUT2D eigenvalue weighted by Gasteiger charge is 2.18. The molecule has 5 aromatic carbocycles. The van der Waals surface area contributed by atoms with E-state index < -0.39 is 5.91 Å². The minimum absolute atomic E-state index is 0.00258. The maximum Gasteiger partial charge on any atom is 0.249 e. The fraction of sp³-hybridized carbons (Fsp3) is 0.0303. The lowest BCUT2D eigenvalue weighted by Gasteiger charge is -2.10. The van der Waals surface area contributed by atoms with Crippen molar-refractivity contribution < 1.29 is 9.59 Å². The van der Waals surface area contributed by atoms with Crippen LogP contribution >= 0.6 is 0 Å². The molecule has 0 saturated carbocycles. The van der Waals surface area contributed by atoms with Crippen LogP contribution in [0.2, 0.25) is 0 Å². The molecule has 0 aliphatic rings. The molecule has 1 radical (unpaired) electrons. The average molecular weight is 480 g/mol. The zero-order chi connectivity index (χ0) is 25.4. The van der Waals surface area contributed by atoms with E-state index in [2.05, 4.69) is 28.8 Å². The molecule has 4 nitrogen and oxygen atoms in total. The third kappa shape index (κ3) is 4.09. The monoisotopic (exact) mass is 479 g/mol. The molecule has 0 unspecified atom stereocenters. The standard InChI is InChI=1S/C33H23N2O2/c34-33(37)28-12-7-13-29-31(28)27-19-18-26(23-8-3-1-4-9-23)20-30(27)35(29)21-22-14-16-25(17-15-22)32(36)24-10-5-2-6-11-24/h1-18,20H,21H2,(H2,34,37). The Morgan fingerprint density at radius 3 is 2.08 bits per heavy atom. The SMILES string of the molecule is NC(=O)c1cccc2c1c1[c]cc(-c3ccccc3)cc1n2Cc1ccc(C(=O)c2ccccc2)cc1. The van der Waals surface area contributed by atoms with Crippen LogP contribution in [0, 0.1) is 6.07 Å². The summed E-state index contributed by atoms with van der Waals surface area (Å²) in [6.45, 7) is 0.564. The number of hydrogen-bond acceptors (Lipinski definition) is 2. The van der Waals surface area contributed by atoms with E-state index in [0.29, 0.717) is 23.2 Å². The molecule has 0 fully saturated rings. The number of carbonyl (C=O) groups is 2. The predicted octanol–water partition coefficient (Wildman–Crippen LogP) is 6.64. The van der Waals surface area contributed by atoms with Gasteiger partial charge in [0.2, 0.25) is 5.91 Å². The molecule has 0 bridgehead atoms. The first-order valence-corrected chi connectivity index (χ1v) is 12.1. The van der Waals surface area contributed by atoms with Crippen molar-refractivity contribution in [2.45, 2.75) is 6.54 Å². The van der Waals surface area contributed by atoms with Crippen LogP contribution in [0.4, 0.5) is 0 Å². The van der Waals surface area contributed by atoms with Crippen LogP contribution in [-0.2, 0) is 6.54 Å². The molecule has 0 saturated heterocycles. The predicted molar refractivity (Wildman–Crippen MR) is 148 cm³/mol. The molecule has 177 valence electrons. The number of rotatable bonds is 6. The molecule has 1 heterocycles. The first kappa shape index (κ1) is 22.5. The molecule has 0 aliphatic carbocycles. The number of fused-ring (bicyclic) bond motifs is 3. The van der Waals surface area contributed by atoms with E-state index in [1.54, 1.807) is 6.07 Å². The van der Waals surface area contributed by atoms with Gasteiger partial charge in [-0.25, -0.2) is 0 Å². The normalized spacial score (nSPS) is 11.1. The van der Waals surface area contributed by atoms with E-state index in [4.69, 9.17) is 5.73 Å². The number of aromatic nitrogens is 1. The Morgan fingerprint density at radius 2 is 1.38 bits per heavy atom. The van der Waals surface area contributed by atoms with E-state index in [9.17, 15) is 9.59 Å². The number of carbonyl (C=O) groups excluding carboxylic acids is 2. The molecule has 0 atom stereocenters. The van der Waals surface area contributed by atoms with Gasteiger partial charge < -0.3 is 10.3 Å². The lowest BCUT2D eigenvalue weighted by molar-refractivity contribution is 0.1000. The van der Waals surface area contributed by atoms with Crippen LogP contribution in [0.3, 0.4) is 0 Å². The second kappa shape index (κ2) is 9.25. The Hall–Kier alpha value is -4.96. The summed E-state index contributed by atoms with van der Waals surface area (Å²) in [5.74, 6) is -0.467. The van der Waals surface area contributed by atoms with Crippen molar-refractivity contribution in [1.82, 2.24) is 4.57 Å². The highest BCUT2D eigenvalue weighted by atomic mass is 16.1. The van der Waals surface area contributed by atoms with Gasteiger partial charge in [-0.05, 0) is 47.0 Å². The lowest BCUT2D eigenvalue weighted by atomic mass is 10.0. The summed E-state index contributed by atoms with van der Waals surface area (Å²) in [5.41, 5.74) is 12.6. The first-order chi connectivity index (χ1) is 18.1. The lowest BCUT2D eigenvalue weighted by Crippen LogP contribution is -2.11. The minimum atomic E-state index is -0.464. The van der Waals surface area contributed by atoms with Crippen molar-refractivity contribution in [1.29, 1.82) is 0 Å². The number of nitrogens with zero attached hydrogens (tertiary/aromatic N) is 1. The smallest absolute Gasteiger partial charge is 0.249 e. The molecule has 0 spiro atoms. The van der Waals surface area contributed by atoms with Gasteiger partial charge in [-0.15, -0.1) is 0 Å². The van der Waals surface area contributed by atoms with Gasteiger partial charge in [0.05, 0.1) is 11.0 Å². The van der Waals surface area contributed by atoms with Gasteiger partial charge in [0.15, 0.2) is 5.78 Å². The Morgan fingerprint density at radius 1 is 0.703 bits per heavy atom. The molecule has 0 aliphatic heterocycles. The van der Waals surface area contributed by atoms with E-state index in [1.165, 1.54) is 0 Å². The summed E-state index contributed by atoms with van der Waals surface area (Å²) in [7, 11) is 0. The van der Waals surface area contributed by atoms with Crippen LogP contribution in [0.5, 0.6) is 0 Å². The Labute approximate surface area is 214 Å². The number of ketones is 1. The van der Waals surface area contributed by atoms with Crippen LogP contribution in [0.15, 0.2) is 115 Å². The van der Waals surface area contributed by atoms with Crippen LogP contribution < -0.4 is 5.73 Å². The molecule has 6 aromatic rings. The average Bonchev–Trinajstić information content (AvgIpc) is 3.26. The van der Waals surface area contributed by atoms with E-state index in [-0.39, 0.29) is 5.78 Å². The van der Waals surface area contributed by atoms with Crippen molar-refractivity contribution >= 4 is 33.5 Å². The second-order valence-corrected chi connectivity index (χ2v) is 9.06. The van der Waals surface area contributed by atoms with Crippen molar-refractivity contribution in [3.63, 3.8) is 0 Å². The first-order valence-electron chi connectivity index (χ1n) is 12.1. The largest absolute Gasteiger partial charge is 0.366 e. The molecule has 2 N–H and O–H groups in total. The number of nitrogens with two attached hydrogens (primary N) is 1. The van der Waals surface area contributed by atoms with E-state index >= 15 is 0 Å². The van der Waals surface area contributed by atoms with Crippen LogP contribution in [0.1, 0.15) is 31.8 Å². The molecule has 1 aromatic heterocycles. The third-order valence-corrected chi connectivity index (χ3v) is 6.76. The molecule has 37 heavy (non-hydrogen) atoms. The topological polar surface area (TPSA) is 65.1 Å². The molecular formula is C33H23N2O2. The van der Waals surface area contributed by atoms with Gasteiger partial charge in [0.25, 0.3) is 0 Å². The maximum absolute atomic E-state index is 12.8. The van der Waals surface area contributed by atoms with Crippen LogP contribution in [0.25, 0.3) is 32.9 Å². The number of hydrogen-bond donors (Lipinski definition) is 1. The number of primary amides is 1. The molecule has 4 heteroatoms. The summed E-state index contributed by atoms with van der Waals surface area (Å²) in [6.07, 6.45) is 0. The van der Waals surface area contributed by atoms with Crippen molar-refractivity contribution in [3.05, 3.63) is 144 Å². The Kier molecular flexibility index (Phi) is 5.62. The highest BCUT2D eigenvalue weighted by Crippen LogP contribution is 2.34. The summed E-state index contributed by atoms with van der Waals surface area (Å²) in [4.78, 5) is 25.1. The summed E-state index contributed by atoms with van der Waals surface area (Å²) >= 11 is 0. The maximum atomic E-state index is 12.8. The fourth-order valence-electron chi connectivity index (χ4n) is 4.93. The molecular weight excluding hydrogens is 456 g/mol. The molecule has 6 rings (SSSR count). The van der Waals surface area contributed by atoms with Gasteiger partial charge in [-0.2, -0.15) is 0 Å². The van der Waals surface area contributed by atoms with Gasteiger partial charge in [-0.3, -0.25) is 9.59 Å².